The van der Waals surface area contributed by atoms with Crippen molar-refractivity contribution in [2.75, 3.05) is 0 Å². The highest BCUT2D eigenvalue weighted by Gasteiger charge is 2.71. The van der Waals surface area contributed by atoms with Crippen molar-refractivity contribution >= 4 is 0 Å². The fraction of sp³-hybridized carbons (Fsp3) is 0.867. The topological polar surface area (TPSA) is 29.5 Å². The first-order valence-electron chi connectivity index (χ1n) is 7.02. The lowest BCUT2D eigenvalue weighted by atomic mass is 9.51. The first-order valence-corrected chi connectivity index (χ1v) is 7.02. The summed E-state index contributed by atoms with van der Waals surface area (Å²) < 4.78 is 6.40. The molecule has 0 aromatic heterocycles. The summed E-state index contributed by atoms with van der Waals surface area (Å²) in [4.78, 5) is 0. The minimum absolute atomic E-state index is 0.0791. The van der Waals surface area contributed by atoms with E-state index in [-0.39, 0.29) is 17.3 Å². The van der Waals surface area contributed by atoms with Crippen LogP contribution in [0.2, 0.25) is 0 Å². The minimum atomic E-state index is -0.390. The summed E-state index contributed by atoms with van der Waals surface area (Å²) in [5.41, 5.74) is 1.32. The van der Waals surface area contributed by atoms with Crippen LogP contribution < -0.4 is 0 Å². The van der Waals surface area contributed by atoms with Crippen LogP contribution in [-0.4, -0.2) is 22.4 Å². The summed E-state index contributed by atoms with van der Waals surface area (Å²) in [7, 11) is 0. The molecule has 2 heteroatoms. The Hall–Kier alpha value is -0.340. The molecule has 4 rings (SSSR count). The van der Waals surface area contributed by atoms with Gasteiger partial charge in [0.1, 0.15) is 5.60 Å². The second kappa shape index (κ2) is 2.65. The van der Waals surface area contributed by atoms with E-state index in [2.05, 4.69) is 26.8 Å². The highest BCUT2D eigenvalue weighted by Crippen LogP contribution is 2.70. The van der Waals surface area contributed by atoms with Crippen molar-refractivity contribution in [2.24, 2.45) is 17.3 Å². The lowest BCUT2D eigenvalue weighted by Crippen LogP contribution is -2.54. The summed E-state index contributed by atoms with van der Waals surface area (Å²) in [6, 6.07) is 0. The maximum atomic E-state index is 10.6. The van der Waals surface area contributed by atoms with E-state index in [9.17, 15) is 5.11 Å². The van der Waals surface area contributed by atoms with Gasteiger partial charge in [0.15, 0.2) is 0 Å². The Kier molecular flexibility index (Phi) is 1.65. The normalized spacial score (nSPS) is 63.8. The van der Waals surface area contributed by atoms with E-state index in [1.54, 1.807) is 0 Å². The van der Waals surface area contributed by atoms with Gasteiger partial charge in [-0.3, -0.25) is 0 Å². The number of hydrogen-bond acceptors (Lipinski definition) is 2. The van der Waals surface area contributed by atoms with Crippen molar-refractivity contribution in [2.45, 2.75) is 63.8 Å². The predicted octanol–water partition coefficient (Wildman–Crippen LogP) is 2.66. The molecule has 0 aromatic rings. The third-order valence-electron chi connectivity index (χ3n) is 6.52. The molecule has 6 atom stereocenters. The van der Waals surface area contributed by atoms with Gasteiger partial charge in [-0.1, -0.05) is 13.0 Å². The van der Waals surface area contributed by atoms with E-state index < -0.39 is 0 Å². The third kappa shape index (κ3) is 0.910. The SMILES string of the molecule is CC1CC=C2[C@]13CC[C@@]1(C)O[C@@]2(C)[C@H](O)[C@H]1C3. The lowest BCUT2D eigenvalue weighted by molar-refractivity contribution is -0.0839. The number of allylic oxidation sites excluding steroid dienone is 1. The number of hydrogen-bond donors (Lipinski definition) is 1. The van der Waals surface area contributed by atoms with Crippen molar-refractivity contribution in [3.05, 3.63) is 11.6 Å². The van der Waals surface area contributed by atoms with Crippen molar-refractivity contribution < 1.29 is 9.84 Å². The summed E-state index contributed by atoms with van der Waals surface area (Å²) in [5, 5.41) is 10.6. The Morgan fingerprint density at radius 3 is 2.88 bits per heavy atom. The van der Waals surface area contributed by atoms with E-state index in [0.29, 0.717) is 11.3 Å². The van der Waals surface area contributed by atoms with Crippen molar-refractivity contribution in [1.82, 2.24) is 0 Å². The summed E-state index contributed by atoms with van der Waals surface area (Å²) in [5.74, 6) is 1.08. The first-order chi connectivity index (χ1) is 7.92. The number of ether oxygens (including phenoxy) is 1. The van der Waals surface area contributed by atoms with Crippen LogP contribution in [0.1, 0.15) is 46.5 Å². The molecule has 3 fully saturated rings. The monoisotopic (exact) mass is 234 g/mol. The van der Waals surface area contributed by atoms with Crippen molar-refractivity contribution in [1.29, 1.82) is 0 Å². The zero-order chi connectivity index (χ0) is 12.1. The van der Waals surface area contributed by atoms with Gasteiger partial charge in [0.05, 0.1) is 11.7 Å². The second-order valence-corrected chi connectivity index (χ2v) is 7.19. The quantitative estimate of drug-likeness (QED) is 0.653. The summed E-state index contributed by atoms with van der Waals surface area (Å²) >= 11 is 0. The highest BCUT2D eigenvalue weighted by molar-refractivity contribution is 5.40. The van der Waals surface area contributed by atoms with E-state index in [0.717, 1.165) is 18.8 Å². The van der Waals surface area contributed by atoms with Crippen LogP contribution in [0.25, 0.3) is 0 Å². The van der Waals surface area contributed by atoms with Gasteiger partial charge >= 0.3 is 0 Å². The van der Waals surface area contributed by atoms with Crippen molar-refractivity contribution in [3.63, 3.8) is 0 Å². The standard InChI is InChI=1S/C15H22O2/c1-9-4-5-11-14(3)12(16)10-8-15(9,11)7-6-13(10,2)17-14/h5,9-10,12,16H,4,6-8H2,1-3H3/t9?,10-,12-,13-,14-,15+/m1/s1. The smallest absolute Gasteiger partial charge is 0.114 e. The van der Waals surface area contributed by atoms with Gasteiger partial charge in [-0.2, -0.15) is 0 Å². The fourth-order valence-corrected chi connectivity index (χ4v) is 5.46. The molecule has 2 saturated carbocycles. The van der Waals surface area contributed by atoms with Gasteiger partial charge in [-0.15, -0.1) is 0 Å². The molecule has 17 heavy (non-hydrogen) atoms. The Morgan fingerprint density at radius 1 is 1.35 bits per heavy atom. The van der Waals surface area contributed by atoms with Gasteiger partial charge in [0.25, 0.3) is 0 Å². The summed E-state index contributed by atoms with van der Waals surface area (Å²) in [6.45, 7) is 6.72. The van der Waals surface area contributed by atoms with Gasteiger partial charge < -0.3 is 9.84 Å². The van der Waals surface area contributed by atoms with Crippen LogP contribution in [0.3, 0.4) is 0 Å². The zero-order valence-corrected chi connectivity index (χ0v) is 11.0. The number of aliphatic hydroxyl groups excluding tert-OH is 1. The number of aliphatic hydroxyl groups is 1. The molecule has 1 heterocycles. The third-order valence-corrected chi connectivity index (χ3v) is 6.52. The molecule has 4 aliphatic rings. The van der Waals surface area contributed by atoms with Crippen LogP contribution in [0.5, 0.6) is 0 Å². The Balaban J connectivity index is 1.95. The summed E-state index contributed by atoms with van der Waals surface area (Å²) in [6.07, 6.45) is 6.78. The van der Waals surface area contributed by atoms with E-state index in [4.69, 9.17) is 4.74 Å². The molecular formula is C15H22O2. The zero-order valence-electron chi connectivity index (χ0n) is 11.0. The largest absolute Gasteiger partial charge is 0.389 e. The van der Waals surface area contributed by atoms with Crippen LogP contribution >= 0.6 is 0 Å². The lowest BCUT2D eigenvalue weighted by Gasteiger charge is -2.52. The van der Waals surface area contributed by atoms with Crippen molar-refractivity contribution in [3.8, 4) is 0 Å². The predicted molar refractivity (Wildman–Crippen MR) is 65.5 cm³/mol. The van der Waals surface area contributed by atoms with Gasteiger partial charge in [0, 0.05) is 5.92 Å². The maximum absolute atomic E-state index is 10.6. The Labute approximate surface area is 103 Å². The first kappa shape index (κ1) is 10.6. The van der Waals surface area contributed by atoms with Crippen LogP contribution in [-0.2, 0) is 4.74 Å². The number of rotatable bonds is 0. The molecule has 0 aromatic carbocycles. The minimum Gasteiger partial charge on any atom is -0.389 e. The molecule has 3 aliphatic carbocycles. The van der Waals surface area contributed by atoms with E-state index >= 15 is 0 Å². The van der Waals surface area contributed by atoms with Gasteiger partial charge in [0.2, 0.25) is 0 Å². The molecule has 0 amide bonds. The molecule has 1 N–H and O–H groups in total. The highest BCUT2D eigenvalue weighted by atomic mass is 16.5. The molecule has 0 radical (unpaired) electrons. The molecule has 1 saturated heterocycles. The fourth-order valence-electron chi connectivity index (χ4n) is 5.46. The molecular weight excluding hydrogens is 212 g/mol. The van der Waals surface area contributed by atoms with Gasteiger partial charge in [-0.05, 0) is 56.4 Å². The number of fused-ring (bicyclic) bond motifs is 2. The molecule has 2 nitrogen and oxygen atoms in total. The van der Waals surface area contributed by atoms with E-state index in [1.165, 1.54) is 18.4 Å². The Bertz CT molecular complexity index is 429. The van der Waals surface area contributed by atoms with E-state index in [1.807, 2.05) is 0 Å². The molecule has 3 bridgehead atoms. The molecule has 1 aliphatic heterocycles. The average Bonchev–Trinajstić information content (AvgIpc) is 2.62. The second-order valence-electron chi connectivity index (χ2n) is 7.19. The Morgan fingerprint density at radius 2 is 2.12 bits per heavy atom. The molecule has 94 valence electrons. The maximum Gasteiger partial charge on any atom is 0.114 e. The molecule has 1 spiro atoms. The van der Waals surface area contributed by atoms with Crippen LogP contribution in [0.15, 0.2) is 11.6 Å². The van der Waals surface area contributed by atoms with Crippen LogP contribution in [0, 0.1) is 17.3 Å². The van der Waals surface area contributed by atoms with Crippen LogP contribution in [0.4, 0.5) is 0 Å². The molecule has 1 unspecified atom stereocenters. The average molecular weight is 234 g/mol. The van der Waals surface area contributed by atoms with Gasteiger partial charge in [-0.25, -0.2) is 0 Å².